The van der Waals surface area contributed by atoms with Crippen LogP contribution in [0.15, 0.2) is 0 Å². The highest BCUT2D eigenvalue weighted by Gasteiger charge is 2.41. The molecule has 0 bridgehead atoms. The van der Waals surface area contributed by atoms with Gasteiger partial charge >= 0.3 is 0 Å². The third kappa shape index (κ3) is 13.5. The molecule has 2 aliphatic rings. The van der Waals surface area contributed by atoms with Gasteiger partial charge in [0, 0.05) is 0 Å². The summed E-state index contributed by atoms with van der Waals surface area (Å²) in [4.78, 5) is 0. The molecule has 2 aliphatic carbocycles. The van der Waals surface area contributed by atoms with E-state index in [2.05, 4.69) is 83.1 Å². The molecule has 9 unspecified atom stereocenters. The molecule has 0 aromatic carbocycles. The van der Waals surface area contributed by atoms with Gasteiger partial charge in [0.25, 0.3) is 0 Å². The lowest BCUT2D eigenvalue weighted by molar-refractivity contribution is 0.0269. The van der Waals surface area contributed by atoms with Gasteiger partial charge in [0.1, 0.15) is 0 Å². The first-order chi connectivity index (χ1) is 18.9. The molecule has 0 heteroatoms. The SMILES string of the molecule is CC.CCCC(C)C1CCC(C(C)CC(CC)C2CCC(CC)CC2(C)C)CC1C.CCCCC(CC)C(C)C. The lowest BCUT2D eigenvalue weighted by Gasteiger charge is -2.47. The molecule has 0 saturated heterocycles. The van der Waals surface area contributed by atoms with Gasteiger partial charge in [-0.1, -0.05) is 155 Å². The van der Waals surface area contributed by atoms with E-state index in [1.54, 1.807) is 0 Å². The average molecular weight is 563 g/mol. The molecule has 2 fully saturated rings. The van der Waals surface area contributed by atoms with E-state index in [0.717, 1.165) is 59.2 Å². The van der Waals surface area contributed by atoms with Gasteiger partial charge in [-0.25, -0.2) is 0 Å². The van der Waals surface area contributed by atoms with Crippen molar-refractivity contribution in [3.63, 3.8) is 0 Å². The van der Waals surface area contributed by atoms with Gasteiger partial charge < -0.3 is 0 Å². The maximum atomic E-state index is 2.61. The lowest BCUT2D eigenvalue weighted by atomic mass is 9.58. The molecule has 40 heavy (non-hydrogen) atoms. The Morgan fingerprint density at radius 1 is 0.750 bits per heavy atom. The highest BCUT2D eigenvalue weighted by molar-refractivity contribution is 4.91. The van der Waals surface area contributed by atoms with E-state index in [1.165, 1.54) is 96.3 Å². The van der Waals surface area contributed by atoms with Crippen LogP contribution in [0.25, 0.3) is 0 Å². The van der Waals surface area contributed by atoms with Gasteiger partial charge in [-0.05, 0) is 103 Å². The van der Waals surface area contributed by atoms with Gasteiger partial charge in [0.05, 0.1) is 0 Å². The lowest BCUT2D eigenvalue weighted by Crippen LogP contribution is -2.38. The maximum absolute atomic E-state index is 2.61. The monoisotopic (exact) mass is 563 g/mol. The number of unbranched alkanes of at least 4 members (excludes halogenated alkanes) is 1. The molecule has 0 aromatic heterocycles. The fraction of sp³-hybridized carbons (Fsp3) is 1.00. The van der Waals surface area contributed by atoms with Crippen LogP contribution in [0.3, 0.4) is 0 Å². The molecule has 0 amide bonds. The summed E-state index contributed by atoms with van der Waals surface area (Å²) in [6.45, 7) is 33.4. The Morgan fingerprint density at radius 2 is 1.40 bits per heavy atom. The Bertz CT molecular complexity index is 573. The van der Waals surface area contributed by atoms with Crippen molar-refractivity contribution in [2.24, 2.45) is 64.6 Å². The Balaban J connectivity index is 0.00000107. The quantitative estimate of drug-likeness (QED) is 0.197. The molecule has 0 radical (unpaired) electrons. The zero-order chi connectivity index (χ0) is 30.9. The summed E-state index contributed by atoms with van der Waals surface area (Å²) in [7, 11) is 0. The van der Waals surface area contributed by atoms with Gasteiger partial charge in [0.15, 0.2) is 0 Å². The van der Waals surface area contributed by atoms with Gasteiger partial charge in [-0.3, -0.25) is 0 Å². The van der Waals surface area contributed by atoms with Crippen LogP contribution in [0.2, 0.25) is 0 Å². The van der Waals surface area contributed by atoms with Crippen LogP contribution in [-0.2, 0) is 0 Å². The van der Waals surface area contributed by atoms with Crippen LogP contribution in [0.5, 0.6) is 0 Å². The first-order valence-electron chi connectivity index (χ1n) is 18.9. The molecule has 0 aliphatic heterocycles. The Labute approximate surface area is 257 Å². The van der Waals surface area contributed by atoms with Crippen molar-refractivity contribution in [1.29, 1.82) is 0 Å². The zero-order valence-electron chi connectivity index (χ0n) is 30.9. The van der Waals surface area contributed by atoms with Crippen LogP contribution in [0, 0.1) is 64.6 Å². The summed E-state index contributed by atoms with van der Waals surface area (Å²) in [5.74, 6) is 9.55. The van der Waals surface area contributed by atoms with Gasteiger partial charge in [-0.15, -0.1) is 0 Å². The van der Waals surface area contributed by atoms with Crippen LogP contribution >= 0.6 is 0 Å². The number of hydrogen-bond donors (Lipinski definition) is 0. The summed E-state index contributed by atoms with van der Waals surface area (Å²) in [5, 5.41) is 0. The molecule has 242 valence electrons. The van der Waals surface area contributed by atoms with E-state index in [4.69, 9.17) is 0 Å². The molecule has 0 heterocycles. The number of hydrogen-bond acceptors (Lipinski definition) is 0. The second kappa shape index (κ2) is 21.7. The van der Waals surface area contributed by atoms with E-state index in [9.17, 15) is 0 Å². The summed E-state index contributed by atoms with van der Waals surface area (Å²) >= 11 is 0. The molecule has 0 spiro atoms. The first kappa shape index (κ1) is 40.0. The average Bonchev–Trinajstić information content (AvgIpc) is 2.93. The molecular formula is C40H82. The topological polar surface area (TPSA) is 0 Å². The number of rotatable bonds is 14. The van der Waals surface area contributed by atoms with Crippen molar-refractivity contribution in [1.82, 2.24) is 0 Å². The minimum atomic E-state index is 0.555. The van der Waals surface area contributed by atoms with Crippen molar-refractivity contribution in [2.75, 3.05) is 0 Å². The highest BCUT2D eigenvalue weighted by atomic mass is 14.5. The van der Waals surface area contributed by atoms with Gasteiger partial charge in [-0.2, -0.15) is 0 Å². The first-order valence-corrected chi connectivity index (χ1v) is 18.9. The normalized spacial score (nSPS) is 29.3. The fourth-order valence-corrected chi connectivity index (χ4v) is 9.28. The van der Waals surface area contributed by atoms with Crippen LogP contribution in [0.4, 0.5) is 0 Å². The predicted octanol–water partition coefficient (Wildman–Crippen LogP) is 14.3. The van der Waals surface area contributed by atoms with E-state index >= 15 is 0 Å². The third-order valence-corrected chi connectivity index (χ3v) is 12.0. The second-order valence-corrected chi connectivity index (χ2v) is 15.6. The maximum Gasteiger partial charge on any atom is -0.0321 e. The molecule has 2 saturated carbocycles. The molecule has 0 N–H and O–H groups in total. The van der Waals surface area contributed by atoms with Gasteiger partial charge in [0.2, 0.25) is 0 Å². The smallest absolute Gasteiger partial charge is 0.0321 e. The van der Waals surface area contributed by atoms with Crippen LogP contribution in [-0.4, -0.2) is 0 Å². The van der Waals surface area contributed by atoms with E-state index in [1.807, 2.05) is 13.8 Å². The summed E-state index contributed by atoms with van der Waals surface area (Å²) in [5.41, 5.74) is 0.555. The standard InChI is InChI=1S/C28H54.C10H22.C2H6/c1-9-12-20(4)26-15-14-25(18-22(26)6)21(5)17-24(11-3)27-16-13-23(10-2)19-28(27,7)8;1-5-7-8-10(6-2)9(3)4;1-2/h20-27H,9-19H2,1-8H3;9-10H,5-8H2,1-4H3;1-2H3. The van der Waals surface area contributed by atoms with Crippen LogP contribution in [0.1, 0.15) is 193 Å². The van der Waals surface area contributed by atoms with E-state index in [0.29, 0.717) is 5.41 Å². The minimum Gasteiger partial charge on any atom is -0.0683 e. The van der Waals surface area contributed by atoms with Crippen LogP contribution < -0.4 is 0 Å². The minimum absolute atomic E-state index is 0.555. The molecular weight excluding hydrogens is 480 g/mol. The Morgan fingerprint density at radius 3 is 1.85 bits per heavy atom. The van der Waals surface area contributed by atoms with Crippen molar-refractivity contribution in [3.8, 4) is 0 Å². The van der Waals surface area contributed by atoms with Crippen molar-refractivity contribution in [3.05, 3.63) is 0 Å². The van der Waals surface area contributed by atoms with E-state index in [-0.39, 0.29) is 0 Å². The largest absolute Gasteiger partial charge is 0.0683 e. The zero-order valence-corrected chi connectivity index (χ0v) is 30.9. The van der Waals surface area contributed by atoms with Crippen molar-refractivity contribution in [2.45, 2.75) is 193 Å². The second-order valence-electron chi connectivity index (χ2n) is 15.6. The Kier molecular flexibility index (Phi) is 21.7. The summed E-state index contributed by atoms with van der Waals surface area (Å²) in [6, 6.07) is 0. The Hall–Kier alpha value is 0. The molecule has 0 nitrogen and oxygen atoms in total. The highest BCUT2D eigenvalue weighted by Crippen LogP contribution is 2.51. The third-order valence-electron chi connectivity index (χ3n) is 12.0. The van der Waals surface area contributed by atoms with Crippen molar-refractivity contribution < 1.29 is 0 Å². The molecule has 9 atom stereocenters. The summed E-state index contributed by atoms with van der Waals surface area (Å²) < 4.78 is 0. The van der Waals surface area contributed by atoms with E-state index < -0.39 is 0 Å². The van der Waals surface area contributed by atoms with Crippen molar-refractivity contribution >= 4 is 0 Å². The fourth-order valence-electron chi connectivity index (χ4n) is 9.28. The molecule has 0 aromatic rings. The predicted molar refractivity (Wildman–Crippen MR) is 186 cm³/mol. The summed E-state index contributed by atoms with van der Waals surface area (Å²) in [6.07, 6.45) is 21.6. The molecule has 2 rings (SSSR count).